The SMILES string of the molecule is NC(=O)c1c(Cl)cccc1-c1c(Cl)cc(Cl)cc1Cl. The first-order valence-electron chi connectivity index (χ1n) is 5.15. The first-order valence-corrected chi connectivity index (χ1v) is 6.66. The molecule has 0 aliphatic heterocycles. The van der Waals surface area contributed by atoms with E-state index in [1.54, 1.807) is 18.2 Å². The minimum absolute atomic E-state index is 0.176. The number of nitrogens with two attached hydrogens (primary N) is 1. The van der Waals surface area contributed by atoms with Crippen LogP contribution in [0.2, 0.25) is 20.1 Å². The molecule has 0 heterocycles. The van der Waals surface area contributed by atoms with Crippen molar-refractivity contribution in [3.05, 3.63) is 56.0 Å². The number of primary amides is 1. The lowest BCUT2D eigenvalue weighted by atomic mass is 9.99. The van der Waals surface area contributed by atoms with Gasteiger partial charge in [0.05, 0.1) is 20.6 Å². The summed E-state index contributed by atoms with van der Waals surface area (Å²) in [6.45, 7) is 0. The van der Waals surface area contributed by atoms with E-state index in [0.29, 0.717) is 26.2 Å². The number of hydrogen-bond donors (Lipinski definition) is 1. The topological polar surface area (TPSA) is 43.1 Å². The van der Waals surface area contributed by atoms with E-state index in [9.17, 15) is 4.79 Å². The molecule has 0 aliphatic rings. The zero-order valence-electron chi connectivity index (χ0n) is 9.38. The average Bonchev–Trinajstić information content (AvgIpc) is 2.26. The summed E-state index contributed by atoms with van der Waals surface area (Å²) in [7, 11) is 0. The van der Waals surface area contributed by atoms with Crippen molar-refractivity contribution in [2.24, 2.45) is 5.73 Å². The summed E-state index contributed by atoms with van der Waals surface area (Å²) in [5.74, 6) is -0.650. The summed E-state index contributed by atoms with van der Waals surface area (Å²) in [6, 6.07) is 8.01. The molecule has 2 rings (SSSR count). The average molecular weight is 335 g/mol. The summed E-state index contributed by atoms with van der Waals surface area (Å²) >= 11 is 24.1. The van der Waals surface area contributed by atoms with Gasteiger partial charge in [0.1, 0.15) is 0 Å². The van der Waals surface area contributed by atoms with Gasteiger partial charge in [0.2, 0.25) is 0 Å². The Morgan fingerprint density at radius 1 is 0.947 bits per heavy atom. The predicted molar refractivity (Wildman–Crippen MR) is 80.4 cm³/mol. The second-order valence-electron chi connectivity index (χ2n) is 3.77. The number of halogens is 4. The van der Waals surface area contributed by atoms with Crippen LogP contribution in [-0.2, 0) is 0 Å². The molecule has 2 N–H and O–H groups in total. The molecule has 1 amide bonds. The van der Waals surface area contributed by atoms with Gasteiger partial charge in [-0.3, -0.25) is 4.79 Å². The van der Waals surface area contributed by atoms with Crippen molar-refractivity contribution < 1.29 is 4.79 Å². The van der Waals surface area contributed by atoms with Gasteiger partial charge in [-0.05, 0) is 23.8 Å². The Balaban J connectivity index is 2.80. The van der Waals surface area contributed by atoms with Gasteiger partial charge >= 0.3 is 0 Å². The molecule has 0 atom stereocenters. The molecule has 0 aromatic heterocycles. The summed E-state index contributed by atoms with van der Waals surface area (Å²) in [5.41, 5.74) is 6.48. The highest BCUT2D eigenvalue weighted by molar-refractivity contribution is 6.42. The van der Waals surface area contributed by atoms with E-state index >= 15 is 0 Å². The number of carbonyl (C=O) groups excluding carboxylic acids is 1. The molecule has 0 bridgehead atoms. The molecular weight excluding hydrogens is 328 g/mol. The first-order chi connectivity index (χ1) is 8.91. The molecule has 2 aromatic rings. The van der Waals surface area contributed by atoms with Crippen molar-refractivity contribution in [3.63, 3.8) is 0 Å². The summed E-state index contributed by atoms with van der Waals surface area (Å²) in [5, 5.41) is 1.29. The maximum absolute atomic E-state index is 11.5. The lowest BCUT2D eigenvalue weighted by molar-refractivity contribution is 0.100. The summed E-state index contributed by atoms with van der Waals surface area (Å²) < 4.78 is 0. The molecule has 0 unspecified atom stereocenters. The van der Waals surface area contributed by atoms with Crippen molar-refractivity contribution in [1.29, 1.82) is 0 Å². The molecule has 0 saturated heterocycles. The molecule has 19 heavy (non-hydrogen) atoms. The minimum atomic E-state index is -0.650. The molecular formula is C13H7Cl4NO. The van der Waals surface area contributed by atoms with E-state index in [1.807, 2.05) is 0 Å². The van der Waals surface area contributed by atoms with Gasteiger partial charge < -0.3 is 5.73 Å². The second kappa shape index (κ2) is 5.59. The van der Waals surface area contributed by atoms with Crippen molar-refractivity contribution >= 4 is 52.3 Å². The highest BCUT2D eigenvalue weighted by Gasteiger charge is 2.18. The van der Waals surface area contributed by atoms with Crippen LogP contribution >= 0.6 is 46.4 Å². The Morgan fingerprint density at radius 2 is 1.53 bits per heavy atom. The van der Waals surface area contributed by atoms with Crippen LogP contribution in [0.4, 0.5) is 0 Å². The fraction of sp³-hybridized carbons (Fsp3) is 0. The number of hydrogen-bond acceptors (Lipinski definition) is 1. The van der Waals surface area contributed by atoms with Crippen LogP contribution in [0, 0.1) is 0 Å². The standard InChI is InChI=1S/C13H7Cl4NO/c14-6-4-9(16)11(10(17)5-6)7-2-1-3-8(15)12(7)13(18)19/h1-5H,(H2,18,19). The smallest absolute Gasteiger partial charge is 0.250 e. The van der Waals surface area contributed by atoms with E-state index in [0.717, 1.165) is 0 Å². The normalized spacial score (nSPS) is 10.5. The van der Waals surface area contributed by atoms with Crippen LogP contribution < -0.4 is 5.73 Å². The van der Waals surface area contributed by atoms with Crippen LogP contribution in [0.15, 0.2) is 30.3 Å². The highest BCUT2D eigenvalue weighted by atomic mass is 35.5. The zero-order chi connectivity index (χ0) is 14.2. The molecule has 0 fully saturated rings. The number of rotatable bonds is 2. The van der Waals surface area contributed by atoms with Crippen molar-refractivity contribution in [3.8, 4) is 11.1 Å². The largest absolute Gasteiger partial charge is 0.366 e. The number of amides is 1. The Hall–Kier alpha value is -0.930. The highest BCUT2D eigenvalue weighted by Crippen LogP contribution is 2.40. The fourth-order valence-electron chi connectivity index (χ4n) is 1.78. The molecule has 2 aromatic carbocycles. The fourth-order valence-corrected chi connectivity index (χ4v) is 3.07. The molecule has 0 saturated carbocycles. The van der Waals surface area contributed by atoms with Gasteiger partial charge in [-0.25, -0.2) is 0 Å². The van der Waals surface area contributed by atoms with Crippen molar-refractivity contribution in [2.45, 2.75) is 0 Å². The van der Waals surface area contributed by atoms with Crippen LogP contribution in [-0.4, -0.2) is 5.91 Å². The monoisotopic (exact) mass is 333 g/mol. The van der Waals surface area contributed by atoms with Gasteiger partial charge in [0.15, 0.2) is 0 Å². The van der Waals surface area contributed by atoms with Gasteiger partial charge in [-0.1, -0.05) is 58.5 Å². The van der Waals surface area contributed by atoms with Crippen molar-refractivity contribution in [1.82, 2.24) is 0 Å². The third-order valence-corrected chi connectivity index (χ3v) is 3.67. The van der Waals surface area contributed by atoms with Crippen LogP contribution in [0.25, 0.3) is 11.1 Å². The molecule has 0 spiro atoms. The molecule has 6 heteroatoms. The molecule has 0 aliphatic carbocycles. The zero-order valence-corrected chi connectivity index (χ0v) is 12.4. The van der Waals surface area contributed by atoms with E-state index in [1.165, 1.54) is 12.1 Å². The third-order valence-electron chi connectivity index (χ3n) is 2.54. The van der Waals surface area contributed by atoms with E-state index in [-0.39, 0.29) is 10.6 Å². The lowest BCUT2D eigenvalue weighted by Gasteiger charge is -2.12. The van der Waals surface area contributed by atoms with Gasteiger partial charge in [-0.2, -0.15) is 0 Å². The molecule has 2 nitrogen and oxygen atoms in total. The van der Waals surface area contributed by atoms with Gasteiger partial charge in [0.25, 0.3) is 5.91 Å². The van der Waals surface area contributed by atoms with E-state index < -0.39 is 5.91 Å². The predicted octanol–water partition coefficient (Wildman–Crippen LogP) is 5.07. The third kappa shape index (κ3) is 2.82. The molecule has 0 radical (unpaired) electrons. The maximum Gasteiger partial charge on any atom is 0.250 e. The van der Waals surface area contributed by atoms with Crippen LogP contribution in [0.1, 0.15) is 10.4 Å². The first kappa shape index (κ1) is 14.5. The lowest BCUT2D eigenvalue weighted by Crippen LogP contribution is -2.13. The van der Waals surface area contributed by atoms with Gasteiger partial charge in [-0.15, -0.1) is 0 Å². The summed E-state index contributed by atoms with van der Waals surface area (Å²) in [6.07, 6.45) is 0. The maximum atomic E-state index is 11.5. The van der Waals surface area contributed by atoms with Crippen LogP contribution in [0.3, 0.4) is 0 Å². The van der Waals surface area contributed by atoms with Gasteiger partial charge in [0, 0.05) is 10.6 Å². The number of benzene rings is 2. The number of carbonyl (C=O) groups is 1. The Morgan fingerprint density at radius 3 is 2.05 bits per heavy atom. The van der Waals surface area contributed by atoms with E-state index in [2.05, 4.69) is 0 Å². The quantitative estimate of drug-likeness (QED) is 0.818. The second-order valence-corrected chi connectivity index (χ2v) is 5.43. The van der Waals surface area contributed by atoms with Crippen molar-refractivity contribution in [2.75, 3.05) is 0 Å². The summed E-state index contributed by atoms with van der Waals surface area (Å²) in [4.78, 5) is 11.5. The molecule has 98 valence electrons. The Kier molecular flexibility index (Phi) is 4.26. The minimum Gasteiger partial charge on any atom is -0.366 e. The Bertz CT molecular complexity index is 647. The van der Waals surface area contributed by atoms with E-state index in [4.69, 9.17) is 52.1 Å². The Labute approximate surface area is 130 Å². The van der Waals surface area contributed by atoms with Crippen LogP contribution in [0.5, 0.6) is 0 Å².